The molecule has 0 heterocycles. The molecule has 0 bridgehead atoms. The largest absolute Gasteiger partial charge is 0.495 e. The van der Waals surface area contributed by atoms with Gasteiger partial charge in [0.2, 0.25) is 0 Å². The fraction of sp³-hybridized carbons (Fsp3) is 0.250. The second kappa shape index (κ2) is 8.73. The van der Waals surface area contributed by atoms with Gasteiger partial charge in [0.1, 0.15) is 5.75 Å². The van der Waals surface area contributed by atoms with E-state index in [0.717, 1.165) is 6.42 Å². The monoisotopic (exact) mass is 388 g/mol. The molecule has 0 saturated carbocycles. The van der Waals surface area contributed by atoms with Gasteiger partial charge in [0.05, 0.1) is 17.7 Å². The second-order valence-corrected chi connectivity index (χ2v) is 7.69. The van der Waals surface area contributed by atoms with Crippen molar-refractivity contribution in [2.24, 2.45) is 0 Å². The number of methoxy groups -OCH3 is 1. The highest BCUT2D eigenvalue weighted by Gasteiger charge is 2.20. The maximum atomic E-state index is 12.9. The lowest BCUT2D eigenvalue weighted by Gasteiger charge is -2.14. The molecular formula is C20H24N2O4S. The summed E-state index contributed by atoms with van der Waals surface area (Å²) >= 11 is 0. The van der Waals surface area contributed by atoms with E-state index < -0.39 is 10.0 Å². The minimum absolute atomic E-state index is 0.0864. The predicted molar refractivity (Wildman–Crippen MR) is 108 cm³/mol. The van der Waals surface area contributed by atoms with Gasteiger partial charge in [-0.1, -0.05) is 31.2 Å². The van der Waals surface area contributed by atoms with Gasteiger partial charge in [0, 0.05) is 11.3 Å². The van der Waals surface area contributed by atoms with Gasteiger partial charge >= 0.3 is 0 Å². The Morgan fingerprint density at radius 3 is 2.56 bits per heavy atom. The molecule has 0 aliphatic rings. The highest BCUT2D eigenvalue weighted by atomic mass is 32.2. The van der Waals surface area contributed by atoms with Crippen molar-refractivity contribution in [1.82, 2.24) is 0 Å². The van der Waals surface area contributed by atoms with Crippen LogP contribution in [0.1, 0.15) is 25.8 Å². The first-order chi connectivity index (χ1) is 12.8. The number of ether oxygens (including phenoxy) is 1. The number of aryl methyl sites for hydroxylation is 1. The summed E-state index contributed by atoms with van der Waals surface area (Å²) in [4.78, 5) is 12.2. The van der Waals surface area contributed by atoms with Crippen LogP contribution in [0.4, 0.5) is 11.4 Å². The first-order valence-corrected chi connectivity index (χ1v) is 10.0. The molecule has 2 aromatic rings. The van der Waals surface area contributed by atoms with Crippen LogP contribution in [-0.2, 0) is 14.8 Å². The Balaban J connectivity index is 2.34. The van der Waals surface area contributed by atoms with E-state index in [1.807, 2.05) is 13.0 Å². The maximum Gasteiger partial charge on any atom is 0.262 e. The van der Waals surface area contributed by atoms with Crippen LogP contribution in [0, 0.1) is 6.92 Å². The van der Waals surface area contributed by atoms with Crippen molar-refractivity contribution in [3.8, 4) is 5.75 Å². The first-order valence-electron chi connectivity index (χ1n) is 8.53. The van der Waals surface area contributed by atoms with Crippen LogP contribution in [0.3, 0.4) is 0 Å². The number of hydrogen-bond donors (Lipinski definition) is 2. The molecule has 27 heavy (non-hydrogen) atoms. The number of allylic oxidation sites excluding steroid dienone is 1. The number of sulfonamides is 1. The van der Waals surface area contributed by atoms with Crippen LogP contribution in [0.5, 0.6) is 5.75 Å². The third-order valence-corrected chi connectivity index (χ3v) is 5.46. The molecule has 2 N–H and O–H groups in total. The summed E-state index contributed by atoms with van der Waals surface area (Å²) in [6, 6.07) is 11.5. The van der Waals surface area contributed by atoms with E-state index >= 15 is 0 Å². The average Bonchev–Trinajstić information content (AvgIpc) is 2.63. The van der Waals surface area contributed by atoms with Crippen LogP contribution < -0.4 is 14.8 Å². The van der Waals surface area contributed by atoms with Crippen LogP contribution >= 0.6 is 0 Å². The molecular weight excluding hydrogens is 364 g/mol. The Labute approximate surface area is 160 Å². The molecule has 1 amide bonds. The number of hydrogen-bond acceptors (Lipinski definition) is 4. The summed E-state index contributed by atoms with van der Waals surface area (Å²) in [5, 5.41) is 2.73. The van der Waals surface area contributed by atoms with Gasteiger partial charge in [-0.3, -0.25) is 9.52 Å². The molecule has 0 saturated heterocycles. The number of benzene rings is 2. The van der Waals surface area contributed by atoms with E-state index in [1.165, 1.54) is 13.2 Å². The topological polar surface area (TPSA) is 84.5 Å². The van der Waals surface area contributed by atoms with Crippen LogP contribution in [0.25, 0.3) is 0 Å². The zero-order valence-corrected chi connectivity index (χ0v) is 16.7. The quantitative estimate of drug-likeness (QED) is 0.700. The Kier molecular flexibility index (Phi) is 6.63. The lowest BCUT2D eigenvalue weighted by molar-refractivity contribution is -0.112. The third-order valence-electron chi connectivity index (χ3n) is 3.96. The number of carbonyl (C=O) groups excluding carboxylic acids is 1. The summed E-state index contributed by atoms with van der Waals surface area (Å²) < 4.78 is 33.5. The third kappa shape index (κ3) is 5.10. The molecule has 0 aliphatic carbocycles. The van der Waals surface area contributed by atoms with Gasteiger partial charge in [-0.2, -0.15) is 0 Å². The molecule has 0 atom stereocenters. The number of nitrogens with one attached hydrogen (secondary N) is 2. The van der Waals surface area contributed by atoms with Gasteiger partial charge in [-0.15, -0.1) is 0 Å². The van der Waals surface area contributed by atoms with Crippen LogP contribution in [-0.4, -0.2) is 21.4 Å². The molecule has 2 aromatic carbocycles. The molecule has 2 rings (SSSR count). The fourth-order valence-corrected chi connectivity index (χ4v) is 3.87. The van der Waals surface area contributed by atoms with Gasteiger partial charge in [-0.25, -0.2) is 8.42 Å². The van der Waals surface area contributed by atoms with E-state index in [-0.39, 0.29) is 10.8 Å². The van der Waals surface area contributed by atoms with Crippen molar-refractivity contribution in [2.45, 2.75) is 32.1 Å². The van der Waals surface area contributed by atoms with Gasteiger partial charge in [0.15, 0.2) is 0 Å². The molecule has 0 radical (unpaired) electrons. The SMILES string of the molecule is CC/C=C(/C)C(=O)Nc1ccc(C)c(S(=O)(=O)Nc2ccccc2OC)c1. The summed E-state index contributed by atoms with van der Waals surface area (Å²) in [6.45, 7) is 5.36. The predicted octanol–water partition coefficient (Wildman–Crippen LogP) is 4.10. The van der Waals surface area contributed by atoms with Gasteiger partial charge in [0.25, 0.3) is 15.9 Å². The van der Waals surface area contributed by atoms with Crippen molar-refractivity contribution in [2.75, 3.05) is 17.1 Å². The lowest BCUT2D eigenvalue weighted by Crippen LogP contribution is -2.17. The van der Waals surface area contributed by atoms with Gasteiger partial charge in [-0.05, 0) is 50.1 Å². The Hall–Kier alpha value is -2.80. The van der Waals surface area contributed by atoms with Crippen molar-refractivity contribution in [3.05, 3.63) is 59.7 Å². The van der Waals surface area contributed by atoms with Crippen molar-refractivity contribution in [1.29, 1.82) is 0 Å². The van der Waals surface area contributed by atoms with Crippen molar-refractivity contribution < 1.29 is 17.9 Å². The standard InChI is InChI=1S/C20H24N2O4S/c1-5-8-15(3)20(23)21-16-12-11-14(2)19(13-16)27(24,25)22-17-9-6-7-10-18(17)26-4/h6-13,22H,5H2,1-4H3,(H,21,23)/b15-8-. The summed E-state index contributed by atoms with van der Waals surface area (Å²) in [5.74, 6) is 0.158. The molecule has 0 aromatic heterocycles. The molecule has 6 nitrogen and oxygen atoms in total. The number of rotatable bonds is 7. The van der Waals surface area contributed by atoms with Crippen LogP contribution in [0.15, 0.2) is 59.0 Å². The molecule has 0 spiro atoms. The maximum absolute atomic E-state index is 12.9. The normalized spacial score (nSPS) is 11.8. The molecule has 0 aliphatic heterocycles. The zero-order valence-electron chi connectivity index (χ0n) is 15.9. The van der Waals surface area contributed by atoms with E-state index in [4.69, 9.17) is 4.74 Å². The Morgan fingerprint density at radius 1 is 1.19 bits per heavy atom. The molecule has 144 valence electrons. The summed E-state index contributed by atoms with van der Waals surface area (Å²) in [7, 11) is -2.39. The highest BCUT2D eigenvalue weighted by molar-refractivity contribution is 7.92. The number of para-hydroxylation sites is 2. The van der Waals surface area contributed by atoms with E-state index in [2.05, 4.69) is 10.0 Å². The summed E-state index contributed by atoms with van der Waals surface area (Å²) in [6.07, 6.45) is 2.56. The zero-order chi connectivity index (χ0) is 20.0. The number of anilines is 2. The van der Waals surface area contributed by atoms with Crippen molar-refractivity contribution in [3.63, 3.8) is 0 Å². The van der Waals surface area contributed by atoms with Gasteiger partial charge < -0.3 is 10.1 Å². The fourth-order valence-electron chi connectivity index (χ4n) is 2.52. The molecule has 0 unspecified atom stereocenters. The first kappa shape index (κ1) is 20.5. The lowest BCUT2D eigenvalue weighted by atomic mass is 10.2. The van der Waals surface area contributed by atoms with E-state index in [0.29, 0.717) is 28.3 Å². The van der Waals surface area contributed by atoms with E-state index in [1.54, 1.807) is 50.2 Å². The number of amides is 1. The highest BCUT2D eigenvalue weighted by Crippen LogP contribution is 2.28. The van der Waals surface area contributed by atoms with Crippen LogP contribution in [0.2, 0.25) is 0 Å². The Bertz CT molecular complexity index is 966. The Morgan fingerprint density at radius 2 is 1.89 bits per heavy atom. The summed E-state index contributed by atoms with van der Waals surface area (Å²) in [5.41, 5.74) is 1.90. The van der Waals surface area contributed by atoms with E-state index in [9.17, 15) is 13.2 Å². The minimum Gasteiger partial charge on any atom is -0.495 e. The number of carbonyl (C=O) groups is 1. The molecule has 0 fully saturated rings. The average molecular weight is 388 g/mol. The minimum atomic E-state index is -3.86. The van der Waals surface area contributed by atoms with Crippen molar-refractivity contribution >= 4 is 27.3 Å². The second-order valence-electron chi connectivity index (χ2n) is 6.04. The smallest absolute Gasteiger partial charge is 0.262 e. The molecule has 7 heteroatoms.